The molecule has 0 aliphatic heterocycles. The quantitative estimate of drug-likeness (QED) is 0.735. The van der Waals surface area contributed by atoms with E-state index in [4.69, 9.17) is 11.6 Å². The molecule has 2 heterocycles. The highest BCUT2D eigenvalue weighted by Crippen LogP contribution is 2.26. The van der Waals surface area contributed by atoms with E-state index >= 15 is 0 Å². The second kappa shape index (κ2) is 3.16. The summed E-state index contributed by atoms with van der Waals surface area (Å²) in [4.78, 5) is 3.76. The zero-order valence-corrected chi connectivity index (χ0v) is 7.96. The van der Waals surface area contributed by atoms with Gasteiger partial charge in [0, 0.05) is 7.05 Å². The van der Waals surface area contributed by atoms with Crippen molar-refractivity contribution in [2.24, 2.45) is 7.05 Å². The minimum atomic E-state index is -2.62. The molecule has 2 aromatic rings. The Morgan fingerprint density at radius 1 is 1.50 bits per heavy atom. The van der Waals surface area contributed by atoms with Gasteiger partial charge >= 0.3 is 0 Å². The molecule has 0 saturated heterocycles. The average Bonchev–Trinajstić information content (AvgIpc) is 2.48. The van der Waals surface area contributed by atoms with Crippen LogP contribution >= 0.6 is 11.6 Å². The lowest BCUT2D eigenvalue weighted by Crippen LogP contribution is -1.96. The maximum Gasteiger partial charge on any atom is 0.280 e. The number of aryl methyl sites for hydroxylation is 1. The summed E-state index contributed by atoms with van der Waals surface area (Å²) in [6, 6.07) is 1.16. The SMILES string of the molecule is Cn1ncc2c(Cl)cc(C(F)F)nc21. The van der Waals surface area contributed by atoms with E-state index in [-0.39, 0.29) is 10.7 Å². The number of halogens is 3. The van der Waals surface area contributed by atoms with E-state index in [2.05, 4.69) is 10.1 Å². The number of hydrogen-bond acceptors (Lipinski definition) is 2. The third-order valence-electron chi connectivity index (χ3n) is 1.90. The minimum Gasteiger partial charge on any atom is -0.250 e. The molecular weight excluding hydrogens is 212 g/mol. The van der Waals surface area contributed by atoms with Gasteiger partial charge in [0.25, 0.3) is 6.43 Å². The summed E-state index contributed by atoms with van der Waals surface area (Å²) in [5.41, 5.74) is 0.0406. The van der Waals surface area contributed by atoms with Gasteiger partial charge in [-0.3, -0.25) is 4.68 Å². The number of aromatic nitrogens is 3. The van der Waals surface area contributed by atoms with Crippen LogP contribution in [0.15, 0.2) is 12.3 Å². The summed E-state index contributed by atoms with van der Waals surface area (Å²) in [7, 11) is 1.63. The molecule has 0 amide bonds. The lowest BCUT2D eigenvalue weighted by molar-refractivity contribution is 0.146. The third kappa shape index (κ3) is 1.33. The van der Waals surface area contributed by atoms with Gasteiger partial charge in [-0.2, -0.15) is 5.10 Å². The van der Waals surface area contributed by atoms with Crippen molar-refractivity contribution in [3.05, 3.63) is 23.0 Å². The van der Waals surface area contributed by atoms with Crippen LogP contribution < -0.4 is 0 Å². The van der Waals surface area contributed by atoms with Gasteiger partial charge in [-0.1, -0.05) is 11.6 Å². The molecule has 0 aliphatic rings. The van der Waals surface area contributed by atoms with Crippen LogP contribution in [0.3, 0.4) is 0 Å². The van der Waals surface area contributed by atoms with E-state index in [1.807, 2.05) is 0 Å². The molecule has 0 atom stereocenters. The lowest BCUT2D eigenvalue weighted by Gasteiger charge is -2.01. The molecule has 74 valence electrons. The molecule has 2 aromatic heterocycles. The molecule has 0 spiro atoms. The molecule has 0 fully saturated rings. The fraction of sp³-hybridized carbons (Fsp3) is 0.250. The van der Waals surface area contributed by atoms with Gasteiger partial charge in [0.2, 0.25) is 0 Å². The Morgan fingerprint density at radius 3 is 2.86 bits per heavy atom. The largest absolute Gasteiger partial charge is 0.280 e. The Morgan fingerprint density at radius 2 is 2.21 bits per heavy atom. The molecule has 0 unspecified atom stereocenters. The van der Waals surface area contributed by atoms with E-state index < -0.39 is 6.43 Å². The molecule has 14 heavy (non-hydrogen) atoms. The molecule has 0 aromatic carbocycles. The molecule has 0 saturated carbocycles. The predicted molar refractivity (Wildman–Crippen MR) is 48.5 cm³/mol. The fourth-order valence-corrected chi connectivity index (χ4v) is 1.45. The molecule has 2 rings (SSSR count). The topological polar surface area (TPSA) is 30.7 Å². The first-order valence-electron chi connectivity index (χ1n) is 3.86. The molecule has 0 radical (unpaired) electrons. The maximum atomic E-state index is 12.4. The van der Waals surface area contributed by atoms with E-state index in [0.29, 0.717) is 11.0 Å². The van der Waals surface area contributed by atoms with Crippen LogP contribution in [0.2, 0.25) is 5.02 Å². The fourth-order valence-electron chi connectivity index (χ4n) is 1.21. The number of nitrogens with zero attached hydrogens (tertiary/aromatic N) is 3. The number of fused-ring (bicyclic) bond motifs is 1. The molecule has 3 nitrogen and oxygen atoms in total. The van der Waals surface area contributed by atoms with Crippen molar-refractivity contribution >= 4 is 22.6 Å². The molecule has 0 bridgehead atoms. The predicted octanol–water partition coefficient (Wildman–Crippen LogP) is 2.56. The van der Waals surface area contributed by atoms with Gasteiger partial charge in [-0.05, 0) is 6.07 Å². The summed E-state index contributed by atoms with van der Waals surface area (Å²) in [5.74, 6) is 0. The van der Waals surface area contributed by atoms with Crippen LogP contribution in [0.5, 0.6) is 0 Å². The second-order valence-electron chi connectivity index (χ2n) is 2.84. The van der Waals surface area contributed by atoms with Gasteiger partial charge in [0.15, 0.2) is 5.65 Å². The minimum absolute atomic E-state index is 0.249. The first-order chi connectivity index (χ1) is 6.59. The van der Waals surface area contributed by atoms with Crippen molar-refractivity contribution in [1.82, 2.24) is 14.8 Å². The van der Waals surface area contributed by atoms with Crippen LogP contribution in [0.4, 0.5) is 8.78 Å². The van der Waals surface area contributed by atoms with E-state index in [0.717, 1.165) is 6.07 Å². The van der Waals surface area contributed by atoms with Crippen LogP contribution in [-0.4, -0.2) is 14.8 Å². The summed E-state index contributed by atoms with van der Waals surface area (Å²) in [5, 5.41) is 4.71. The van der Waals surface area contributed by atoms with Crippen LogP contribution in [0.25, 0.3) is 11.0 Å². The monoisotopic (exact) mass is 217 g/mol. The van der Waals surface area contributed by atoms with E-state index in [1.165, 1.54) is 10.9 Å². The smallest absolute Gasteiger partial charge is 0.250 e. The van der Waals surface area contributed by atoms with E-state index in [9.17, 15) is 8.78 Å². The third-order valence-corrected chi connectivity index (χ3v) is 2.21. The zero-order valence-electron chi connectivity index (χ0n) is 7.21. The van der Waals surface area contributed by atoms with Gasteiger partial charge in [-0.25, -0.2) is 13.8 Å². The first kappa shape index (κ1) is 9.33. The number of pyridine rings is 1. The number of rotatable bonds is 1. The Bertz CT molecular complexity index is 481. The number of hydrogen-bond donors (Lipinski definition) is 0. The zero-order chi connectivity index (χ0) is 10.3. The van der Waals surface area contributed by atoms with Crippen molar-refractivity contribution in [1.29, 1.82) is 0 Å². The maximum absolute atomic E-state index is 12.4. The standard InChI is InChI=1S/C8H6ClF2N3/c1-14-8-4(3-12-14)5(9)2-6(13-8)7(10)11/h2-3,7H,1H3. The van der Waals surface area contributed by atoms with E-state index in [1.54, 1.807) is 7.05 Å². The highest BCUT2D eigenvalue weighted by atomic mass is 35.5. The van der Waals surface area contributed by atoms with Crippen molar-refractivity contribution in [3.63, 3.8) is 0 Å². The van der Waals surface area contributed by atoms with Crippen LogP contribution in [0.1, 0.15) is 12.1 Å². The molecular formula is C8H6ClF2N3. The Balaban J connectivity index is 2.75. The summed E-state index contributed by atoms with van der Waals surface area (Å²) in [6.07, 6.45) is -1.12. The Labute approximate surface area is 83.3 Å². The highest BCUT2D eigenvalue weighted by molar-refractivity contribution is 6.35. The summed E-state index contributed by atoms with van der Waals surface area (Å²) < 4.78 is 26.1. The summed E-state index contributed by atoms with van der Waals surface area (Å²) >= 11 is 5.79. The molecule has 6 heteroatoms. The molecule has 0 aliphatic carbocycles. The van der Waals surface area contributed by atoms with Gasteiger partial charge < -0.3 is 0 Å². The van der Waals surface area contributed by atoms with Gasteiger partial charge in [0.05, 0.1) is 16.6 Å². The average molecular weight is 218 g/mol. The van der Waals surface area contributed by atoms with Crippen molar-refractivity contribution < 1.29 is 8.78 Å². The van der Waals surface area contributed by atoms with Crippen molar-refractivity contribution in [2.75, 3.05) is 0 Å². The Kier molecular flexibility index (Phi) is 2.11. The Hall–Kier alpha value is -1.23. The van der Waals surface area contributed by atoms with Crippen molar-refractivity contribution in [2.45, 2.75) is 6.43 Å². The van der Waals surface area contributed by atoms with Crippen LogP contribution in [-0.2, 0) is 7.05 Å². The lowest BCUT2D eigenvalue weighted by atomic mass is 10.3. The summed E-state index contributed by atoms with van der Waals surface area (Å²) in [6.45, 7) is 0. The van der Waals surface area contributed by atoms with Gasteiger partial charge in [0.1, 0.15) is 5.69 Å². The first-order valence-corrected chi connectivity index (χ1v) is 4.23. The van der Waals surface area contributed by atoms with Crippen molar-refractivity contribution in [3.8, 4) is 0 Å². The van der Waals surface area contributed by atoms with Crippen LogP contribution in [0, 0.1) is 0 Å². The molecule has 0 N–H and O–H groups in total. The number of alkyl halides is 2. The normalized spacial score (nSPS) is 11.5. The van der Waals surface area contributed by atoms with Gasteiger partial charge in [-0.15, -0.1) is 0 Å². The second-order valence-corrected chi connectivity index (χ2v) is 3.24. The highest BCUT2D eigenvalue weighted by Gasteiger charge is 2.14.